The number of fused-ring (bicyclic) bond motifs is 2. The number of aryl methyl sites for hydroxylation is 1. The second-order valence-corrected chi connectivity index (χ2v) is 12.3. The van der Waals surface area contributed by atoms with Crippen molar-refractivity contribution in [3.05, 3.63) is 186 Å². The van der Waals surface area contributed by atoms with Crippen LogP contribution in [0.2, 0.25) is 0 Å². The van der Waals surface area contributed by atoms with Crippen LogP contribution in [0, 0.1) is 0 Å². The number of rotatable bonds is 9. The van der Waals surface area contributed by atoms with Crippen molar-refractivity contribution in [2.45, 2.75) is 45.6 Å². The highest BCUT2D eigenvalue weighted by Gasteiger charge is 2.23. The smallest absolute Gasteiger partial charge is 0.0539 e. The third-order valence-corrected chi connectivity index (χ3v) is 9.31. The van der Waals surface area contributed by atoms with E-state index in [1.807, 2.05) is 0 Å². The maximum atomic E-state index is 2.48. The number of benzene rings is 5. The summed E-state index contributed by atoms with van der Waals surface area (Å²) in [5.41, 5.74) is 11.3. The van der Waals surface area contributed by atoms with Gasteiger partial charge in [0.2, 0.25) is 0 Å². The van der Waals surface area contributed by atoms with Gasteiger partial charge < -0.3 is 9.80 Å². The number of hydrogen-bond acceptors (Lipinski definition) is 2. The van der Waals surface area contributed by atoms with Gasteiger partial charge in [-0.1, -0.05) is 127 Å². The van der Waals surface area contributed by atoms with Crippen LogP contribution in [0.5, 0.6) is 0 Å². The molecule has 1 atom stereocenters. The fraction of sp³-hybridized carbons (Fsp3) is 0.156. The standard InChI is InChI=1S/C45H42N2/c1-3-35(29-28-34(2)46(39-20-6-4-7-21-39)44-26-14-18-37-16-10-12-24-42(37)44)36-30-32-41(33-31-36)47(40-22-8-5-9-23-40)45-27-15-19-38-17-11-13-25-43(38)45/h3-4,6-8,10-13,15-17,19-34H,5,9,14,18H2,1-2H3/b29-28-,35-3+. The largest absolute Gasteiger partial charge is 0.335 e. The first kappa shape index (κ1) is 30.3. The van der Waals surface area contributed by atoms with Crippen molar-refractivity contribution in [2.24, 2.45) is 0 Å². The Morgan fingerprint density at radius 2 is 1.47 bits per heavy atom. The number of nitrogens with zero attached hydrogens (tertiary/aromatic N) is 2. The van der Waals surface area contributed by atoms with Crippen molar-refractivity contribution in [3.63, 3.8) is 0 Å². The molecule has 0 heterocycles. The highest BCUT2D eigenvalue weighted by molar-refractivity contribution is 5.97. The topological polar surface area (TPSA) is 6.48 Å². The minimum Gasteiger partial charge on any atom is -0.335 e. The van der Waals surface area contributed by atoms with Gasteiger partial charge >= 0.3 is 0 Å². The molecule has 0 aliphatic heterocycles. The van der Waals surface area contributed by atoms with Gasteiger partial charge in [-0.3, -0.25) is 0 Å². The molecule has 2 aliphatic rings. The molecule has 5 aromatic carbocycles. The van der Waals surface area contributed by atoms with Gasteiger partial charge in [0.25, 0.3) is 0 Å². The summed E-state index contributed by atoms with van der Waals surface area (Å²) >= 11 is 0. The summed E-state index contributed by atoms with van der Waals surface area (Å²) in [5.74, 6) is 0. The molecule has 0 N–H and O–H groups in total. The van der Waals surface area contributed by atoms with Crippen LogP contribution in [-0.4, -0.2) is 6.04 Å². The molecule has 0 fully saturated rings. The van der Waals surface area contributed by atoms with Crippen molar-refractivity contribution in [2.75, 3.05) is 9.80 Å². The van der Waals surface area contributed by atoms with Crippen LogP contribution in [0.15, 0.2) is 170 Å². The first-order valence-electron chi connectivity index (χ1n) is 16.9. The molecule has 1 unspecified atom stereocenters. The lowest BCUT2D eigenvalue weighted by atomic mass is 9.93. The van der Waals surface area contributed by atoms with Crippen LogP contribution in [0.25, 0.3) is 22.0 Å². The molecule has 232 valence electrons. The summed E-state index contributed by atoms with van der Waals surface area (Å²) in [6.07, 6.45) is 20.5. The molecule has 0 radical (unpaired) electrons. The maximum Gasteiger partial charge on any atom is 0.0539 e. The Kier molecular flexibility index (Phi) is 9.01. The normalized spacial score (nSPS) is 15.2. The Labute approximate surface area is 280 Å². The first-order valence-corrected chi connectivity index (χ1v) is 16.9. The molecule has 0 saturated heterocycles. The summed E-state index contributed by atoms with van der Waals surface area (Å²) in [7, 11) is 0. The van der Waals surface area contributed by atoms with E-state index in [0.717, 1.165) is 31.4 Å². The first-order chi connectivity index (χ1) is 23.2. The number of para-hydroxylation sites is 1. The third-order valence-electron chi connectivity index (χ3n) is 9.31. The molecular weight excluding hydrogens is 569 g/mol. The highest BCUT2D eigenvalue weighted by Crippen LogP contribution is 2.38. The molecule has 5 aromatic rings. The summed E-state index contributed by atoms with van der Waals surface area (Å²) in [6, 6.07) is 44.1. The van der Waals surface area contributed by atoms with E-state index < -0.39 is 0 Å². The number of hydrogen-bond donors (Lipinski definition) is 0. The van der Waals surface area contributed by atoms with Crippen LogP contribution in [0.1, 0.15) is 49.8 Å². The Morgan fingerprint density at radius 1 is 0.702 bits per heavy atom. The van der Waals surface area contributed by atoms with E-state index in [1.165, 1.54) is 55.8 Å². The van der Waals surface area contributed by atoms with E-state index in [9.17, 15) is 0 Å². The summed E-state index contributed by atoms with van der Waals surface area (Å²) in [4.78, 5) is 4.89. The van der Waals surface area contributed by atoms with Gasteiger partial charge in [-0.15, -0.1) is 0 Å². The molecular formula is C45H42N2. The molecule has 47 heavy (non-hydrogen) atoms. The van der Waals surface area contributed by atoms with Gasteiger partial charge in [0.05, 0.1) is 5.69 Å². The van der Waals surface area contributed by atoms with Crippen LogP contribution < -0.4 is 9.80 Å². The average molecular weight is 611 g/mol. The summed E-state index contributed by atoms with van der Waals surface area (Å²) < 4.78 is 0. The second-order valence-electron chi connectivity index (χ2n) is 12.3. The molecule has 0 amide bonds. The van der Waals surface area contributed by atoms with Gasteiger partial charge in [-0.25, -0.2) is 0 Å². The average Bonchev–Trinajstić information content (AvgIpc) is 3.14. The fourth-order valence-electron chi connectivity index (χ4n) is 6.96. The lowest BCUT2D eigenvalue weighted by Gasteiger charge is -2.35. The number of anilines is 3. The molecule has 2 heteroatoms. The predicted octanol–water partition coefficient (Wildman–Crippen LogP) is 12.1. The highest BCUT2D eigenvalue weighted by atomic mass is 15.2. The molecule has 7 rings (SSSR count). The van der Waals surface area contributed by atoms with E-state index in [-0.39, 0.29) is 6.04 Å². The minimum atomic E-state index is 0.149. The Hall–Kier alpha value is -5.34. The van der Waals surface area contributed by atoms with Gasteiger partial charge in [0.15, 0.2) is 0 Å². The molecule has 0 aromatic heterocycles. The van der Waals surface area contributed by atoms with Crippen LogP contribution in [0.4, 0.5) is 17.1 Å². The van der Waals surface area contributed by atoms with Gasteiger partial charge in [-0.2, -0.15) is 0 Å². The fourth-order valence-corrected chi connectivity index (χ4v) is 6.96. The quantitative estimate of drug-likeness (QED) is 0.153. The Morgan fingerprint density at radius 3 is 2.28 bits per heavy atom. The lowest BCUT2D eigenvalue weighted by molar-refractivity contribution is 0.852. The van der Waals surface area contributed by atoms with Crippen LogP contribution >= 0.6 is 0 Å². The predicted molar refractivity (Wildman–Crippen MR) is 203 cm³/mol. The third kappa shape index (κ3) is 6.37. The van der Waals surface area contributed by atoms with Crippen molar-refractivity contribution >= 4 is 39.1 Å². The van der Waals surface area contributed by atoms with E-state index >= 15 is 0 Å². The second kappa shape index (κ2) is 14.0. The van der Waals surface area contributed by atoms with Crippen molar-refractivity contribution in [3.8, 4) is 0 Å². The zero-order valence-corrected chi connectivity index (χ0v) is 27.4. The Balaban J connectivity index is 1.19. The lowest BCUT2D eigenvalue weighted by Crippen LogP contribution is -2.31. The monoisotopic (exact) mass is 610 g/mol. The number of allylic oxidation sites excluding steroid dienone is 7. The van der Waals surface area contributed by atoms with Crippen molar-refractivity contribution in [1.29, 1.82) is 0 Å². The van der Waals surface area contributed by atoms with E-state index in [1.54, 1.807) is 0 Å². The van der Waals surface area contributed by atoms with Crippen molar-refractivity contribution < 1.29 is 0 Å². The van der Waals surface area contributed by atoms with Gasteiger partial charge in [0.1, 0.15) is 0 Å². The molecule has 0 bridgehead atoms. The molecule has 2 aliphatic carbocycles. The zero-order chi connectivity index (χ0) is 32.0. The summed E-state index contributed by atoms with van der Waals surface area (Å²) in [6.45, 7) is 4.43. The van der Waals surface area contributed by atoms with Gasteiger partial charge in [0, 0.05) is 39.8 Å². The van der Waals surface area contributed by atoms with E-state index in [4.69, 9.17) is 0 Å². The molecule has 0 spiro atoms. The van der Waals surface area contributed by atoms with E-state index in [0.29, 0.717) is 0 Å². The Bertz CT molecular complexity index is 2000. The molecule has 0 saturated carbocycles. The summed E-state index contributed by atoms with van der Waals surface area (Å²) in [5, 5.41) is 2.50. The van der Waals surface area contributed by atoms with Crippen LogP contribution in [-0.2, 0) is 6.42 Å². The SMILES string of the molecule is C/C=C(\C=C/C(C)N(C1=CCCc2ccccc21)c1ccccc1)c1ccc(N(C2=CCCC=C2)c2cccc3ccccc23)cc1. The zero-order valence-electron chi connectivity index (χ0n) is 27.4. The molecule has 2 nitrogen and oxygen atoms in total. The maximum absolute atomic E-state index is 2.48. The van der Waals surface area contributed by atoms with Gasteiger partial charge in [-0.05, 0) is 98.0 Å². The van der Waals surface area contributed by atoms with Crippen LogP contribution in [0.3, 0.4) is 0 Å². The van der Waals surface area contributed by atoms with E-state index in [2.05, 4.69) is 188 Å². The van der Waals surface area contributed by atoms with Crippen molar-refractivity contribution in [1.82, 2.24) is 0 Å². The minimum absolute atomic E-state index is 0.149.